The molecule has 2 aliphatic heterocycles. The van der Waals surface area contributed by atoms with E-state index < -0.39 is 0 Å². The van der Waals surface area contributed by atoms with Gasteiger partial charge in [0.2, 0.25) is 0 Å². The molecule has 2 heterocycles. The van der Waals surface area contributed by atoms with E-state index in [0.29, 0.717) is 5.92 Å². The van der Waals surface area contributed by atoms with Crippen LogP contribution in [0.25, 0.3) is 0 Å². The lowest BCUT2D eigenvalue weighted by Crippen LogP contribution is -2.51. The summed E-state index contributed by atoms with van der Waals surface area (Å²) in [6.07, 6.45) is 0.957. The van der Waals surface area contributed by atoms with Gasteiger partial charge in [-0.3, -0.25) is 0 Å². The molecule has 1 atom stereocenters. The van der Waals surface area contributed by atoms with Crippen LogP contribution in [0.1, 0.15) is 24.1 Å². The molecule has 0 radical (unpaired) electrons. The minimum absolute atomic E-state index is 0.0777. The Morgan fingerprint density at radius 2 is 2.21 bits per heavy atom. The molecule has 2 N–H and O–H groups in total. The van der Waals surface area contributed by atoms with Crippen molar-refractivity contribution >= 4 is 6.03 Å². The van der Waals surface area contributed by atoms with Gasteiger partial charge < -0.3 is 15.5 Å². The van der Waals surface area contributed by atoms with Crippen LogP contribution in [0.3, 0.4) is 0 Å². The molecule has 0 saturated carbocycles. The molecule has 1 aromatic rings. The topological polar surface area (TPSA) is 44.4 Å². The average molecular weight is 259 g/mol. The first kappa shape index (κ1) is 12.5. The summed E-state index contributed by atoms with van der Waals surface area (Å²) in [6.45, 7) is 5.77. The number of carbonyl (C=O) groups is 1. The minimum atomic E-state index is 0.0777. The molecule has 2 aliphatic rings. The first-order chi connectivity index (χ1) is 9.25. The van der Waals surface area contributed by atoms with E-state index in [1.165, 1.54) is 11.1 Å². The van der Waals surface area contributed by atoms with Crippen molar-refractivity contribution in [3.8, 4) is 0 Å². The maximum atomic E-state index is 12.3. The molecule has 1 aromatic carbocycles. The van der Waals surface area contributed by atoms with Crippen molar-refractivity contribution in [1.82, 2.24) is 15.5 Å². The van der Waals surface area contributed by atoms with Gasteiger partial charge in [0.15, 0.2) is 0 Å². The van der Waals surface area contributed by atoms with Crippen LogP contribution < -0.4 is 10.6 Å². The molecule has 0 spiro atoms. The van der Waals surface area contributed by atoms with Gasteiger partial charge in [0.1, 0.15) is 0 Å². The first-order valence-electron chi connectivity index (χ1n) is 7.08. The van der Waals surface area contributed by atoms with Gasteiger partial charge in [-0.15, -0.1) is 0 Å². The minimum Gasteiger partial charge on any atom is -0.338 e. The van der Waals surface area contributed by atoms with E-state index >= 15 is 0 Å². The van der Waals surface area contributed by atoms with E-state index in [-0.39, 0.29) is 12.1 Å². The van der Waals surface area contributed by atoms with Gasteiger partial charge in [-0.25, -0.2) is 4.79 Å². The monoisotopic (exact) mass is 259 g/mol. The van der Waals surface area contributed by atoms with E-state index in [9.17, 15) is 4.79 Å². The summed E-state index contributed by atoms with van der Waals surface area (Å²) in [7, 11) is 0. The third-order valence-corrected chi connectivity index (χ3v) is 4.26. The number of carbonyl (C=O) groups excluding carboxylic acids is 1. The second kappa shape index (κ2) is 5.21. The molecule has 0 aromatic heterocycles. The van der Waals surface area contributed by atoms with Crippen LogP contribution in [0, 0.1) is 5.92 Å². The third kappa shape index (κ3) is 2.45. The van der Waals surface area contributed by atoms with Gasteiger partial charge in [-0.05, 0) is 24.5 Å². The molecular formula is C15H21N3O. The zero-order chi connectivity index (χ0) is 13.2. The lowest BCUT2D eigenvalue weighted by molar-refractivity contribution is 0.171. The van der Waals surface area contributed by atoms with Crippen molar-refractivity contribution in [2.45, 2.75) is 19.4 Å². The molecule has 2 amide bonds. The molecular weight excluding hydrogens is 238 g/mol. The first-order valence-corrected chi connectivity index (χ1v) is 7.08. The number of urea groups is 1. The van der Waals surface area contributed by atoms with Gasteiger partial charge in [0.25, 0.3) is 0 Å². The molecule has 1 fully saturated rings. The summed E-state index contributed by atoms with van der Waals surface area (Å²) in [5.74, 6) is 0.608. The summed E-state index contributed by atoms with van der Waals surface area (Å²) >= 11 is 0. The van der Waals surface area contributed by atoms with E-state index in [2.05, 4.69) is 41.8 Å². The summed E-state index contributed by atoms with van der Waals surface area (Å²) in [5.41, 5.74) is 2.66. The largest absolute Gasteiger partial charge is 0.338 e. The van der Waals surface area contributed by atoms with Crippen LogP contribution in [-0.2, 0) is 6.42 Å². The normalized spacial score (nSPS) is 22.6. The number of amides is 2. The lowest BCUT2D eigenvalue weighted by Gasteiger charge is -2.36. The maximum Gasteiger partial charge on any atom is 0.317 e. The molecule has 0 aliphatic carbocycles. The van der Waals surface area contributed by atoms with Gasteiger partial charge in [0.05, 0.1) is 6.04 Å². The lowest BCUT2D eigenvalue weighted by atomic mass is 9.94. The second-order valence-electron chi connectivity index (χ2n) is 5.53. The number of rotatable bonds is 2. The molecule has 3 rings (SSSR count). The highest BCUT2D eigenvalue weighted by atomic mass is 16.2. The second-order valence-corrected chi connectivity index (χ2v) is 5.53. The molecule has 1 saturated heterocycles. The van der Waals surface area contributed by atoms with Crippen LogP contribution >= 0.6 is 0 Å². The van der Waals surface area contributed by atoms with Gasteiger partial charge in [-0.2, -0.15) is 0 Å². The standard InChI is InChI=1S/C15H21N3O/c1-11-14-5-3-2-4-13(14)6-7-18(11)15(19)17-10-12-8-16-9-12/h2-5,11-12,16H,6-10H2,1H3,(H,17,19)/t11-/m0/s1. The van der Waals surface area contributed by atoms with Gasteiger partial charge >= 0.3 is 6.03 Å². The molecule has 0 bridgehead atoms. The summed E-state index contributed by atoms with van der Waals surface area (Å²) in [5, 5.41) is 6.28. The highest BCUT2D eigenvalue weighted by Gasteiger charge is 2.27. The van der Waals surface area contributed by atoms with E-state index in [4.69, 9.17) is 0 Å². The fourth-order valence-corrected chi connectivity index (χ4v) is 2.88. The summed E-state index contributed by atoms with van der Waals surface area (Å²) in [6, 6.07) is 8.68. The van der Waals surface area contributed by atoms with Gasteiger partial charge in [-0.1, -0.05) is 24.3 Å². The maximum absolute atomic E-state index is 12.3. The fraction of sp³-hybridized carbons (Fsp3) is 0.533. The Kier molecular flexibility index (Phi) is 3.42. The van der Waals surface area contributed by atoms with E-state index in [1.807, 2.05) is 4.90 Å². The number of nitrogens with zero attached hydrogens (tertiary/aromatic N) is 1. The summed E-state index contributed by atoms with van der Waals surface area (Å²) in [4.78, 5) is 14.2. The Hall–Kier alpha value is -1.55. The highest BCUT2D eigenvalue weighted by molar-refractivity contribution is 5.75. The predicted octanol–water partition coefficient (Wildman–Crippen LogP) is 1.53. The predicted molar refractivity (Wildman–Crippen MR) is 75.0 cm³/mol. The molecule has 4 heteroatoms. The van der Waals surface area contributed by atoms with E-state index in [0.717, 1.165) is 32.6 Å². The fourth-order valence-electron chi connectivity index (χ4n) is 2.88. The van der Waals surface area contributed by atoms with Crippen LogP contribution in [0.2, 0.25) is 0 Å². The molecule has 19 heavy (non-hydrogen) atoms. The number of hydrogen-bond acceptors (Lipinski definition) is 2. The Labute approximate surface area is 114 Å². The molecule has 102 valence electrons. The number of hydrogen-bond donors (Lipinski definition) is 2. The van der Waals surface area contributed by atoms with Crippen molar-refractivity contribution in [1.29, 1.82) is 0 Å². The average Bonchev–Trinajstić information content (AvgIpc) is 2.37. The zero-order valence-corrected chi connectivity index (χ0v) is 11.4. The zero-order valence-electron chi connectivity index (χ0n) is 11.4. The Bertz CT molecular complexity index is 470. The third-order valence-electron chi connectivity index (χ3n) is 4.26. The van der Waals surface area contributed by atoms with Crippen molar-refractivity contribution in [2.75, 3.05) is 26.2 Å². The Balaban J connectivity index is 1.64. The SMILES string of the molecule is C[C@H]1c2ccccc2CCN1C(=O)NCC1CNC1. The van der Waals surface area contributed by atoms with Crippen molar-refractivity contribution < 1.29 is 4.79 Å². The van der Waals surface area contributed by atoms with Crippen LogP contribution in [-0.4, -0.2) is 37.1 Å². The number of nitrogens with one attached hydrogen (secondary N) is 2. The van der Waals surface area contributed by atoms with Crippen molar-refractivity contribution in [3.63, 3.8) is 0 Å². The quantitative estimate of drug-likeness (QED) is 0.846. The van der Waals surface area contributed by atoms with E-state index in [1.54, 1.807) is 0 Å². The molecule has 4 nitrogen and oxygen atoms in total. The molecule has 0 unspecified atom stereocenters. The summed E-state index contributed by atoms with van der Waals surface area (Å²) < 4.78 is 0. The highest BCUT2D eigenvalue weighted by Crippen LogP contribution is 2.28. The Morgan fingerprint density at radius 1 is 1.42 bits per heavy atom. The van der Waals surface area contributed by atoms with Crippen molar-refractivity contribution in [3.05, 3.63) is 35.4 Å². The van der Waals surface area contributed by atoms with Crippen LogP contribution in [0.5, 0.6) is 0 Å². The number of fused-ring (bicyclic) bond motifs is 1. The van der Waals surface area contributed by atoms with Gasteiger partial charge in [0, 0.05) is 32.1 Å². The smallest absolute Gasteiger partial charge is 0.317 e. The number of benzene rings is 1. The van der Waals surface area contributed by atoms with Crippen molar-refractivity contribution in [2.24, 2.45) is 5.92 Å². The van der Waals surface area contributed by atoms with Crippen LogP contribution in [0.4, 0.5) is 4.79 Å². The van der Waals surface area contributed by atoms with Crippen LogP contribution in [0.15, 0.2) is 24.3 Å². The Morgan fingerprint density at radius 3 is 2.95 bits per heavy atom.